The fraction of sp³-hybridized carbons (Fsp3) is 0.286. The van der Waals surface area contributed by atoms with Gasteiger partial charge in [-0.1, -0.05) is 18.2 Å². The molecule has 0 bridgehead atoms. The Labute approximate surface area is 156 Å². The summed E-state index contributed by atoms with van der Waals surface area (Å²) in [6.07, 6.45) is 0.171. The molecule has 1 aliphatic rings. The lowest BCUT2D eigenvalue weighted by molar-refractivity contribution is -0.147. The summed E-state index contributed by atoms with van der Waals surface area (Å²) in [7, 11) is 0. The minimum atomic E-state index is -0.423. The van der Waals surface area contributed by atoms with Crippen molar-refractivity contribution in [3.63, 3.8) is 0 Å². The Balaban J connectivity index is 1.63. The number of nitrogens with zero attached hydrogens (tertiary/aromatic N) is 2. The zero-order valence-corrected chi connectivity index (χ0v) is 15.3. The van der Waals surface area contributed by atoms with Gasteiger partial charge in [-0.25, -0.2) is 4.98 Å². The van der Waals surface area contributed by atoms with Crippen molar-refractivity contribution in [2.45, 2.75) is 20.3 Å². The number of rotatable bonds is 4. The van der Waals surface area contributed by atoms with Crippen LogP contribution in [0.15, 0.2) is 46.9 Å². The van der Waals surface area contributed by atoms with E-state index in [9.17, 15) is 9.59 Å². The number of fused-ring (bicyclic) bond motifs is 1. The number of carbonyl (C=O) groups excluding carboxylic acids is 2. The molecule has 0 radical (unpaired) electrons. The van der Waals surface area contributed by atoms with Gasteiger partial charge in [-0.3, -0.25) is 9.59 Å². The number of ether oxygens (including phenoxy) is 1. The van der Waals surface area contributed by atoms with Crippen molar-refractivity contribution < 1.29 is 18.7 Å². The molecule has 1 aliphatic heterocycles. The van der Waals surface area contributed by atoms with Crippen LogP contribution < -0.4 is 4.90 Å². The SMILES string of the molecule is CCOC(=O)[C@H]1CC(=O)N(c2ccc3oc(-c4ccccc4C)nc3c2)C1. The van der Waals surface area contributed by atoms with E-state index in [-0.39, 0.29) is 18.3 Å². The number of hydrogen-bond acceptors (Lipinski definition) is 5. The van der Waals surface area contributed by atoms with E-state index in [0.717, 1.165) is 11.1 Å². The number of aryl methyl sites for hydroxylation is 1. The van der Waals surface area contributed by atoms with Gasteiger partial charge in [-0.2, -0.15) is 0 Å². The molecule has 138 valence electrons. The molecule has 27 heavy (non-hydrogen) atoms. The van der Waals surface area contributed by atoms with Gasteiger partial charge in [0.25, 0.3) is 0 Å². The molecule has 0 saturated carbocycles. The number of amides is 1. The first kappa shape index (κ1) is 17.3. The van der Waals surface area contributed by atoms with E-state index in [1.807, 2.05) is 49.4 Å². The molecule has 0 aliphatic carbocycles. The molecule has 2 heterocycles. The summed E-state index contributed by atoms with van der Waals surface area (Å²) in [6, 6.07) is 13.3. The van der Waals surface area contributed by atoms with E-state index in [2.05, 4.69) is 4.98 Å². The number of hydrogen-bond donors (Lipinski definition) is 0. The van der Waals surface area contributed by atoms with Crippen molar-refractivity contribution in [2.24, 2.45) is 5.92 Å². The Bertz CT molecular complexity index is 1020. The summed E-state index contributed by atoms with van der Waals surface area (Å²) >= 11 is 0. The summed E-state index contributed by atoms with van der Waals surface area (Å²) in [5.41, 5.74) is 4.07. The van der Waals surface area contributed by atoms with Crippen LogP contribution in [0.25, 0.3) is 22.6 Å². The minimum Gasteiger partial charge on any atom is -0.466 e. The van der Waals surface area contributed by atoms with Crippen LogP contribution in [-0.4, -0.2) is 30.0 Å². The van der Waals surface area contributed by atoms with Gasteiger partial charge in [-0.15, -0.1) is 0 Å². The van der Waals surface area contributed by atoms with Crippen LogP contribution in [0, 0.1) is 12.8 Å². The molecule has 0 N–H and O–H groups in total. The van der Waals surface area contributed by atoms with Crippen molar-refractivity contribution in [3.05, 3.63) is 48.0 Å². The second kappa shape index (κ2) is 6.87. The van der Waals surface area contributed by atoms with Crippen LogP contribution in [0.5, 0.6) is 0 Å². The van der Waals surface area contributed by atoms with Crippen LogP contribution in [-0.2, 0) is 14.3 Å². The minimum absolute atomic E-state index is 0.0879. The normalized spacial score (nSPS) is 16.9. The number of carbonyl (C=O) groups is 2. The van der Waals surface area contributed by atoms with Crippen LogP contribution >= 0.6 is 0 Å². The highest BCUT2D eigenvalue weighted by Crippen LogP contribution is 2.31. The summed E-state index contributed by atoms with van der Waals surface area (Å²) in [4.78, 5) is 30.5. The predicted octanol–water partition coefficient (Wildman–Crippen LogP) is 3.72. The number of aromatic nitrogens is 1. The van der Waals surface area contributed by atoms with Crippen LogP contribution in [0.4, 0.5) is 5.69 Å². The van der Waals surface area contributed by atoms with E-state index < -0.39 is 5.92 Å². The van der Waals surface area contributed by atoms with Crippen LogP contribution in [0.1, 0.15) is 18.9 Å². The number of oxazole rings is 1. The zero-order chi connectivity index (χ0) is 19.0. The quantitative estimate of drug-likeness (QED) is 0.660. The molecule has 4 rings (SSSR count). The first-order valence-corrected chi connectivity index (χ1v) is 9.00. The third kappa shape index (κ3) is 3.18. The molecule has 3 aromatic rings. The van der Waals surface area contributed by atoms with Crippen molar-refractivity contribution in [1.82, 2.24) is 4.98 Å². The van der Waals surface area contributed by atoms with Crippen LogP contribution in [0.3, 0.4) is 0 Å². The maximum absolute atomic E-state index is 12.4. The van der Waals surface area contributed by atoms with Crippen LogP contribution in [0.2, 0.25) is 0 Å². The molecule has 1 amide bonds. The highest BCUT2D eigenvalue weighted by Gasteiger charge is 2.36. The van der Waals surface area contributed by atoms with Gasteiger partial charge < -0.3 is 14.1 Å². The largest absolute Gasteiger partial charge is 0.466 e. The van der Waals surface area contributed by atoms with Gasteiger partial charge >= 0.3 is 5.97 Å². The van der Waals surface area contributed by atoms with Crippen molar-refractivity contribution in [3.8, 4) is 11.5 Å². The lowest BCUT2D eigenvalue weighted by Crippen LogP contribution is -2.26. The highest BCUT2D eigenvalue weighted by atomic mass is 16.5. The Morgan fingerprint density at radius 2 is 2.11 bits per heavy atom. The van der Waals surface area contributed by atoms with Gasteiger partial charge in [0.05, 0.1) is 12.5 Å². The van der Waals surface area contributed by atoms with E-state index in [4.69, 9.17) is 9.15 Å². The fourth-order valence-electron chi connectivity index (χ4n) is 3.39. The molecule has 2 aromatic carbocycles. The maximum Gasteiger partial charge on any atom is 0.311 e. The van der Waals surface area contributed by atoms with Gasteiger partial charge in [-0.05, 0) is 43.7 Å². The molecule has 1 fully saturated rings. The molecule has 1 saturated heterocycles. The summed E-state index contributed by atoms with van der Waals surface area (Å²) in [6.45, 7) is 4.41. The molecular weight excluding hydrogens is 344 g/mol. The van der Waals surface area contributed by atoms with Crippen molar-refractivity contribution >= 4 is 28.7 Å². The average Bonchev–Trinajstić information content (AvgIpc) is 3.25. The molecular formula is C21H20N2O4. The third-order valence-corrected chi connectivity index (χ3v) is 4.80. The third-order valence-electron chi connectivity index (χ3n) is 4.80. The molecule has 1 atom stereocenters. The topological polar surface area (TPSA) is 72.6 Å². The Morgan fingerprint density at radius 1 is 1.30 bits per heavy atom. The molecule has 6 heteroatoms. The van der Waals surface area contributed by atoms with Gasteiger partial charge in [0.2, 0.25) is 11.8 Å². The summed E-state index contributed by atoms with van der Waals surface area (Å²) in [5.74, 6) is -0.280. The average molecular weight is 364 g/mol. The van der Waals surface area contributed by atoms with E-state index >= 15 is 0 Å². The highest BCUT2D eigenvalue weighted by molar-refractivity contribution is 6.00. The second-order valence-corrected chi connectivity index (χ2v) is 6.64. The predicted molar refractivity (Wildman–Crippen MR) is 101 cm³/mol. The monoisotopic (exact) mass is 364 g/mol. The van der Waals surface area contributed by atoms with Gasteiger partial charge in [0.1, 0.15) is 5.52 Å². The van der Waals surface area contributed by atoms with Crippen molar-refractivity contribution in [1.29, 1.82) is 0 Å². The van der Waals surface area contributed by atoms with Crippen molar-refractivity contribution in [2.75, 3.05) is 18.1 Å². The first-order valence-electron chi connectivity index (χ1n) is 9.00. The van der Waals surface area contributed by atoms with E-state index in [0.29, 0.717) is 35.8 Å². The molecule has 0 spiro atoms. The molecule has 6 nitrogen and oxygen atoms in total. The van der Waals surface area contributed by atoms with Gasteiger partial charge in [0, 0.05) is 24.2 Å². The second-order valence-electron chi connectivity index (χ2n) is 6.64. The number of benzene rings is 2. The van der Waals surface area contributed by atoms with Gasteiger partial charge in [0.15, 0.2) is 5.58 Å². The Hall–Kier alpha value is -3.15. The smallest absolute Gasteiger partial charge is 0.311 e. The maximum atomic E-state index is 12.4. The fourth-order valence-corrected chi connectivity index (χ4v) is 3.39. The number of anilines is 1. The van der Waals surface area contributed by atoms with E-state index in [1.54, 1.807) is 11.8 Å². The number of esters is 1. The molecule has 1 aromatic heterocycles. The summed E-state index contributed by atoms with van der Waals surface area (Å²) in [5, 5.41) is 0. The summed E-state index contributed by atoms with van der Waals surface area (Å²) < 4.78 is 10.9. The van der Waals surface area contributed by atoms with E-state index in [1.165, 1.54) is 0 Å². The Kier molecular flexibility index (Phi) is 4.39. The zero-order valence-electron chi connectivity index (χ0n) is 15.3. The lowest BCUT2D eigenvalue weighted by Gasteiger charge is -2.16. The first-order chi connectivity index (χ1) is 13.1. The molecule has 0 unspecified atom stereocenters. The lowest BCUT2D eigenvalue weighted by atomic mass is 10.1. The Morgan fingerprint density at radius 3 is 2.89 bits per heavy atom. The standard InChI is InChI=1S/C21H20N2O4/c1-3-26-21(25)14-10-19(24)23(12-14)15-8-9-18-17(11-15)22-20(27-18)16-7-5-4-6-13(16)2/h4-9,11,14H,3,10,12H2,1-2H3/t14-/m0/s1.